The van der Waals surface area contributed by atoms with Crippen molar-refractivity contribution < 1.29 is 0 Å². The normalized spacial score (nSPS) is 10.8. The summed E-state index contributed by atoms with van der Waals surface area (Å²) in [6.45, 7) is 0. The number of hydrogen-bond donors (Lipinski definition) is 0. The summed E-state index contributed by atoms with van der Waals surface area (Å²) in [4.78, 5) is 4.47. The molecule has 2 rings (SSSR count). The first-order chi connectivity index (χ1) is 7.90. The molecule has 0 heterocycles. The first-order valence-corrected chi connectivity index (χ1v) is 8.98. The van der Waals surface area contributed by atoms with E-state index in [9.17, 15) is 0 Å². The quantitative estimate of drug-likeness (QED) is 0.600. The van der Waals surface area contributed by atoms with Gasteiger partial charge in [-0.3, -0.25) is 0 Å². The van der Waals surface area contributed by atoms with E-state index in [1.165, 1.54) is 3.61 Å². The summed E-state index contributed by atoms with van der Waals surface area (Å²) in [5.74, 6) is 0. The fraction of sp³-hybridized carbons (Fsp3) is 0. The van der Waals surface area contributed by atoms with Crippen molar-refractivity contribution in [1.29, 1.82) is 0 Å². The van der Waals surface area contributed by atoms with Gasteiger partial charge in [-0.2, -0.15) is 0 Å². The fourth-order valence-electron chi connectivity index (χ4n) is 1.31. The monoisotopic (exact) mass is 345 g/mol. The van der Waals surface area contributed by atoms with E-state index < -0.39 is 19.8 Å². The molecular formula is C13H10ClNTe. The van der Waals surface area contributed by atoms with Crippen LogP contribution in [-0.2, 0) is 0 Å². The van der Waals surface area contributed by atoms with Crippen LogP contribution in [0.25, 0.3) is 0 Å². The average Bonchev–Trinajstić information content (AvgIpc) is 2.38. The van der Waals surface area contributed by atoms with Gasteiger partial charge in [-0.25, -0.2) is 0 Å². The number of halogens is 1. The summed E-state index contributed by atoms with van der Waals surface area (Å²) < 4.78 is 1.18. The average molecular weight is 343 g/mol. The van der Waals surface area contributed by atoms with Crippen molar-refractivity contribution in [1.82, 2.24) is 0 Å². The number of hydrogen-bond acceptors (Lipinski definition) is 1. The predicted molar refractivity (Wildman–Crippen MR) is 71.4 cm³/mol. The number of benzene rings is 2. The second-order valence-electron chi connectivity index (χ2n) is 3.21. The van der Waals surface area contributed by atoms with Crippen LogP contribution < -0.4 is 3.61 Å². The second kappa shape index (κ2) is 6.06. The molecule has 0 aliphatic rings. The van der Waals surface area contributed by atoms with Gasteiger partial charge in [-0.15, -0.1) is 0 Å². The molecule has 0 fully saturated rings. The molecule has 16 heavy (non-hydrogen) atoms. The summed E-state index contributed by atoms with van der Waals surface area (Å²) in [5.41, 5.74) is 2.09. The molecule has 0 N–H and O–H groups in total. The van der Waals surface area contributed by atoms with Crippen LogP contribution in [0.5, 0.6) is 0 Å². The first-order valence-electron chi connectivity index (χ1n) is 4.87. The second-order valence-corrected chi connectivity index (χ2v) is 5.94. The fourth-order valence-corrected chi connectivity index (χ4v) is 3.13. The van der Waals surface area contributed by atoms with E-state index in [2.05, 4.69) is 4.99 Å². The molecule has 0 aromatic heterocycles. The molecule has 3 heteroatoms. The molecule has 0 radical (unpaired) electrons. The van der Waals surface area contributed by atoms with Gasteiger partial charge in [0.15, 0.2) is 0 Å². The van der Waals surface area contributed by atoms with Gasteiger partial charge in [0.1, 0.15) is 0 Å². The van der Waals surface area contributed by atoms with Crippen LogP contribution >= 0.6 is 8.96 Å². The van der Waals surface area contributed by atoms with E-state index >= 15 is 0 Å². The molecule has 0 spiro atoms. The molecule has 0 amide bonds. The van der Waals surface area contributed by atoms with E-state index in [-0.39, 0.29) is 0 Å². The maximum atomic E-state index is 5.97. The van der Waals surface area contributed by atoms with Crippen LogP contribution in [0.2, 0.25) is 0 Å². The van der Waals surface area contributed by atoms with Gasteiger partial charge in [0.05, 0.1) is 0 Å². The molecule has 0 bridgehead atoms. The van der Waals surface area contributed by atoms with E-state index in [0.29, 0.717) is 0 Å². The number of aliphatic imine (C=N–C) groups is 1. The summed E-state index contributed by atoms with van der Waals surface area (Å²) >= 11 is -0.605. The van der Waals surface area contributed by atoms with E-state index in [1.807, 2.05) is 60.8 Å². The van der Waals surface area contributed by atoms with Crippen molar-refractivity contribution >= 4 is 44.3 Å². The summed E-state index contributed by atoms with van der Waals surface area (Å²) in [6.07, 6.45) is 1.87. The predicted octanol–water partition coefficient (Wildman–Crippen LogP) is 2.92. The van der Waals surface area contributed by atoms with Crippen molar-refractivity contribution in [3.05, 3.63) is 60.2 Å². The Morgan fingerprint density at radius 1 is 0.938 bits per heavy atom. The van der Waals surface area contributed by atoms with Gasteiger partial charge in [-0.1, -0.05) is 0 Å². The van der Waals surface area contributed by atoms with Gasteiger partial charge in [0.2, 0.25) is 0 Å². The molecule has 0 atom stereocenters. The number of para-hydroxylation sites is 1. The molecule has 0 unspecified atom stereocenters. The van der Waals surface area contributed by atoms with Crippen LogP contribution in [0.1, 0.15) is 5.56 Å². The first kappa shape index (κ1) is 11.7. The molecule has 0 saturated carbocycles. The van der Waals surface area contributed by atoms with E-state index in [0.717, 1.165) is 11.3 Å². The molecule has 80 valence electrons. The standard InChI is InChI=1S/C13H10ClNTe/c14-16-13-9-5-4-8-12(13)15-10-11-6-2-1-3-7-11/h1-10H. The van der Waals surface area contributed by atoms with Crippen LogP contribution in [0.3, 0.4) is 0 Å². The Kier molecular flexibility index (Phi) is 4.42. The minimum absolute atomic E-state index is 0.605. The summed E-state index contributed by atoms with van der Waals surface area (Å²) in [5, 5.41) is 0. The molecule has 1 nitrogen and oxygen atoms in total. The minimum atomic E-state index is -0.605. The molecular weight excluding hydrogens is 333 g/mol. The van der Waals surface area contributed by atoms with Gasteiger partial charge in [-0.05, 0) is 0 Å². The molecule has 0 aliphatic carbocycles. The van der Waals surface area contributed by atoms with Gasteiger partial charge in [0, 0.05) is 0 Å². The van der Waals surface area contributed by atoms with Gasteiger partial charge < -0.3 is 0 Å². The van der Waals surface area contributed by atoms with Crippen LogP contribution in [0.15, 0.2) is 59.6 Å². The third-order valence-corrected chi connectivity index (χ3v) is 4.68. The van der Waals surface area contributed by atoms with Gasteiger partial charge >= 0.3 is 109 Å². The van der Waals surface area contributed by atoms with Crippen molar-refractivity contribution in [2.45, 2.75) is 0 Å². The van der Waals surface area contributed by atoms with Crippen molar-refractivity contribution in [3.8, 4) is 0 Å². The zero-order valence-corrected chi connectivity index (χ0v) is 11.6. The van der Waals surface area contributed by atoms with Crippen molar-refractivity contribution in [3.63, 3.8) is 0 Å². The molecule has 2 aromatic rings. The molecule has 2 aromatic carbocycles. The third-order valence-electron chi connectivity index (χ3n) is 2.10. The van der Waals surface area contributed by atoms with Gasteiger partial charge in [0.25, 0.3) is 0 Å². The molecule has 0 saturated heterocycles. The zero-order valence-electron chi connectivity index (χ0n) is 8.51. The Morgan fingerprint density at radius 2 is 1.62 bits per heavy atom. The summed E-state index contributed by atoms with van der Waals surface area (Å²) in [7, 11) is 5.97. The summed E-state index contributed by atoms with van der Waals surface area (Å²) in [6, 6.07) is 18.1. The number of rotatable bonds is 3. The zero-order chi connectivity index (χ0) is 11.2. The Labute approximate surface area is 109 Å². The van der Waals surface area contributed by atoms with E-state index in [4.69, 9.17) is 8.96 Å². The van der Waals surface area contributed by atoms with E-state index in [1.54, 1.807) is 0 Å². The van der Waals surface area contributed by atoms with Crippen molar-refractivity contribution in [2.24, 2.45) is 4.99 Å². The topological polar surface area (TPSA) is 12.4 Å². The maximum absolute atomic E-state index is 5.97. The number of nitrogens with zero attached hydrogens (tertiary/aromatic N) is 1. The van der Waals surface area contributed by atoms with Crippen LogP contribution in [-0.4, -0.2) is 26.0 Å². The Morgan fingerprint density at radius 3 is 2.38 bits per heavy atom. The molecule has 0 aliphatic heterocycles. The SMILES string of the molecule is Cl[Te]c1ccccc1N=Cc1ccccc1. The van der Waals surface area contributed by atoms with Crippen molar-refractivity contribution in [2.75, 3.05) is 0 Å². The van der Waals surface area contributed by atoms with Crippen LogP contribution in [0.4, 0.5) is 5.69 Å². The third kappa shape index (κ3) is 3.09. The van der Waals surface area contributed by atoms with Crippen LogP contribution in [0, 0.1) is 0 Å². The Bertz CT molecular complexity index is 482. The Hall–Kier alpha value is -0.810. The Balaban J connectivity index is 2.24.